The minimum Gasteiger partial charge on any atom is -0.493 e. The summed E-state index contributed by atoms with van der Waals surface area (Å²) in [6.45, 7) is 3.76. The fraction of sp³-hybridized carbons (Fsp3) is 0.333. The summed E-state index contributed by atoms with van der Waals surface area (Å²) in [5.41, 5.74) is -0.0566. The number of carbonyl (C=O) groups is 3. The molecule has 264 valence electrons. The van der Waals surface area contributed by atoms with Gasteiger partial charge >= 0.3 is 6.18 Å². The van der Waals surface area contributed by atoms with Gasteiger partial charge in [0.25, 0.3) is 0 Å². The molecule has 1 fully saturated rings. The Balaban J connectivity index is 1.24. The van der Waals surface area contributed by atoms with Crippen molar-refractivity contribution in [3.63, 3.8) is 0 Å². The van der Waals surface area contributed by atoms with Crippen molar-refractivity contribution in [2.24, 2.45) is 5.92 Å². The van der Waals surface area contributed by atoms with Crippen LogP contribution >= 0.6 is 0 Å². The van der Waals surface area contributed by atoms with Crippen molar-refractivity contribution in [3.8, 4) is 23.0 Å². The molecule has 0 saturated carbocycles. The zero-order valence-corrected chi connectivity index (χ0v) is 28.0. The summed E-state index contributed by atoms with van der Waals surface area (Å²) in [4.78, 5) is 43.8. The van der Waals surface area contributed by atoms with Crippen LogP contribution in [0.15, 0.2) is 66.9 Å². The summed E-state index contributed by atoms with van der Waals surface area (Å²) in [5.74, 6) is -0.935. The van der Waals surface area contributed by atoms with Crippen LogP contribution < -0.4 is 35.1 Å². The predicted molar refractivity (Wildman–Crippen MR) is 183 cm³/mol. The van der Waals surface area contributed by atoms with Gasteiger partial charge < -0.3 is 35.1 Å². The van der Waals surface area contributed by atoms with Crippen LogP contribution in [0.3, 0.4) is 0 Å². The molecule has 0 aliphatic carbocycles. The molecule has 1 aliphatic heterocycles. The molecule has 11 nitrogen and oxygen atoms in total. The van der Waals surface area contributed by atoms with E-state index in [1.807, 2.05) is 0 Å². The number of hydrogen-bond donors (Lipinski definition) is 3. The van der Waals surface area contributed by atoms with Gasteiger partial charge in [-0.15, -0.1) is 0 Å². The summed E-state index contributed by atoms with van der Waals surface area (Å²) in [6, 6.07) is 15.2. The van der Waals surface area contributed by atoms with Crippen molar-refractivity contribution in [2.45, 2.75) is 45.3 Å². The maximum absolute atomic E-state index is 14.2. The number of methoxy groups -OCH3 is 2. The van der Waals surface area contributed by atoms with Crippen molar-refractivity contribution >= 4 is 45.7 Å². The Morgan fingerprint density at radius 1 is 0.900 bits per heavy atom. The second kappa shape index (κ2) is 15.3. The molecule has 0 radical (unpaired) electrons. The number of nitrogens with one attached hydrogen (secondary N) is 3. The molecule has 3 aromatic carbocycles. The summed E-state index contributed by atoms with van der Waals surface area (Å²) in [6.07, 6.45) is -1.75. The Labute approximate surface area is 287 Å². The van der Waals surface area contributed by atoms with E-state index in [-0.39, 0.29) is 23.3 Å². The van der Waals surface area contributed by atoms with E-state index in [4.69, 9.17) is 14.2 Å². The summed E-state index contributed by atoms with van der Waals surface area (Å²) in [5, 5.41) is 8.67. The van der Waals surface area contributed by atoms with E-state index < -0.39 is 29.5 Å². The minimum atomic E-state index is -4.69. The van der Waals surface area contributed by atoms with Crippen molar-refractivity contribution in [1.82, 2.24) is 10.3 Å². The third-order valence-corrected chi connectivity index (χ3v) is 8.41. The predicted octanol–water partition coefficient (Wildman–Crippen LogP) is 6.77. The molecule has 1 aliphatic rings. The number of amides is 3. The van der Waals surface area contributed by atoms with Gasteiger partial charge in [0.15, 0.2) is 11.5 Å². The van der Waals surface area contributed by atoms with Gasteiger partial charge in [0, 0.05) is 66.3 Å². The number of fused-ring (bicyclic) bond motifs is 1. The van der Waals surface area contributed by atoms with Gasteiger partial charge in [-0.25, -0.2) is 0 Å². The number of piperidine rings is 1. The smallest absolute Gasteiger partial charge is 0.418 e. The summed E-state index contributed by atoms with van der Waals surface area (Å²) in [7, 11) is 3.05. The lowest BCUT2D eigenvalue weighted by molar-refractivity contribution is -0.137. The number of pyridine rings is 1. The first kappa shape index (κ1) is 35.8. The third kappa shape index (κ3) is 8.36. The fourth-order valence-corrected chi connectivity index (χ4v) is 5.63. The highest BCUT2D eigenvalue weighted by Gasteiger charge is 2.36. The van der Waals surface area contributed by atoms with Crippen LogP contribution in [0.2, 0.25) is 0 Å². The molecule has 1 unspecified atom stereocenters. The number of carbonyl (C=O) groups excluding carboxylic acids is 3. The van der Waals surface area contributed by atoms with Gasteiger partial charge in [0.2, 0.25) is 17.7 Å². The molecule has 1 saturated heterocycles. The topological polar surface area (TPSA) is 131 Å². The number of benzene rings is 3. The normalized spacial score (nSPS) is 14.1. The van der Waals surface area contributed by atoms with Crippen molar-refractivity contribution in [2.75, 3.05) is 42.8 Å². The molecule has 1 atom stereocenters. The SMILES string of the molecule is CCC(=O)NC1CCN(c2ccc(NC(=O)C(C)C(=O)Nc3cccc(Oc4ccnc5cc(OC)c(OC)cc45)c3)cc2C(F)(F)F)CC1. The number of aromatic nitrogens is 1. The molecule has 3 N–H and O–H groups in total. The van der Waals surface area contributed by atoms with Crippen molar-refractivity contribution in [3.05, 3.63) is 72.4 Å². The van der Waals surface area contributed by atoms with Crippen LogP contribution in [0.4, 0.5) is 30.2 Å². The lowest BCUT2D eigenvalue weighted by atomic mass is 10.0. The van der Waals surface area contributed by atoms with E-state index >= 15 is 0 Å². The summed E-state index contributed by atoms with van der Waals surface area (Å²) >= 11 is 0. The van der Waals surface area contributed by atoms with Crippen LogP contribution in [0.1, 0.15) is 38.7 Å². The van der Waals surface area contributed by atoms with Crippen LogP contribution in [0, 0.1) is 5.92 Å². The van der Waals surface area contributed by atoms with Crippen molar-refractivity contribution < 1.29 is 41.8 Å². The molecule has 50 heavy (non-hydrogen) atoms. The van der Waals surface area contributed by atoms with E-state index in [1.54, 1.807) is 60.5 Å². The van der Waals surface area contributed by atoms with Crippen LogP contribution in [-0.2, 0) is 20.6 Å². The van der Waals surface area contributed by atoms with Crippen LogP contribution in [-0.4, -0.2) is 56.1 Å². The number of rotatable bonds is 11. The quantitative estimate of drug-likeness (QED) is 0.147. The monoisotopic (exact) mass is 693 g/mol. The highest BCUT2D eigenvalue weighted by molar-refractivity contribution is 6.10. The summed E-state index contributed by atoms with van der Waals surface area (Å²) < 4.78 is 59.4. The van der Waals surface area contributed by atoms with Gasteiger partial charge in [-0.3, -0.25) is 19.4 Å². The highest BCUT2D eigenvalue weighted by atomic mass is 19.4. The number of ether oxygens (including phenoxy) is 3. The van der Waals surface area contributed by atoms with Gasteiger partial charge in [-0.2, -0.15) is 13.2 Å². The van der Waals surface area contributed by atoms with Gasteiger partial charge in [-0.1, -0.05) is 13.0 Å². The Hall–Kier alpha value is -5.53. The first-order valence-electron chi connectivity index (χ1n) is 16.1. The Kier molecular flexibility index (Phi) is 11.0. The lowest BCUT2D eigenvalue weighted by Gasteiger charge is -2.35. The lowest BCUT2D eigenvalue weighted by Crippen LogP contribution is -2.45. The largest absolute Gasteiger partial charge is 0.493 e. The number of halogens is 3. The number of nitrogens with zero attached hydrogens (tertiary/aromatic N) is 2. The third-order valence-electron chi connectivity index (χ3n) is 8.41. The molecular weight excluding hydrogens is 655 g/mol. The molecule has 0 bridgehead atoms. The average Bonchev–Trinajstić information content (AvgIpc) is 3.10. The fourth-order valence-electron chi connectivity index (χ4n) is 5.63. The molecule has 14 heteroatoms. The minimum absolute atomic E-state index is 0.0118. The second-order valence-electron chi connectivity index (χ2n) is 11.8. The Morgan fingerprint density at radius 3 is 2.20 bits per heavy atom. The van der Waals surface area contributed by atoms with E-state index in [2.05, 4.69) is 20.9 Å². The van der Waals surface area contributed by atoms with Crippen molar-refractivity contribution in [1.29, 1.82) is 0 Å². The zero-order chi connectivity index (χ0) is 36.0. The highest BCUT2D eigenvalue weighted by Crippen LogP contribution is 2.40. The zero-order valence-electron chi connectivity index (χ0n) is 28.0. The van der Waals surface area contributed by atoms with Gasteiger partial charge in [-0.05, 0) is 62.2 Å². The molecule has 0 spiro atoms. The molecule has 1 aromatic heterocycles. The molecule has 3 amide bonds. The second-order valence-corrected chi connectivity index (χ2v) is 11.8. The molecular formula is C36H38F3N5O6. The van der Waals surface area contributed by atoms with Crippen LogP contribution in [0.5, 0.6) is 23.0 Å². The number of hydrogen-bond acceptors (Lipinski definition) is 8. The first-order valence-corrected chi connectivity index (χ1v) is 16.1. The van der Waals surface area contributed by atoms with E-state index in [1.165, 1.54) is 33.3 Å². The molecule has 4 aromatic rings. The van der Waals surface area contributed by atoms with E-state index in [0.717, 1.165) is 6.07 Å². The van der Waals surface area contributed by atoms with E-state index in [9.17, 15) is 27.6 Å². The average molecular weight is 694 g/mol. The first-order chi connectivity index (χ1) is 23.9. The molecule has 5 rings (SSSR count). The maximum atomic E-state index is 14.2. The Morgan fingerprint density at radius 2 is 1.56 bits per heavy atom. The number of anilines is 3. The van der Waals surface area contributed by atoms with Crippen LogP contribution in [0.25, 0.3) is 10.9 Å². The van der Waals surface area contributed by atoms with Gasteiger partial charge in [0.05, 0.1) is 25.3 Å². The van der Waals surface area contributed by atoms with E-state index in [0.29, 0.717) is 71.9 Å². The standard InChI is InChI=1S/C36H38F3N5O6/c1-5-33(45)41-22-12-15-44(16-13-22)29-10-9-24(18-27(29)36(37,38)39)43-35(47)21(2)34(46)42-23-7-6-8-25(17-23)50-30-11-14-40-28-20-32(49-4)31(48-3)19-26(28)30/h6-11,14,17-22H,5,12-13,15-16H2,1-4H3,(H,41,45)(H,42,46)(H,43,47). The Bertz CT molecular complexity index is 1880. The molecule has 2 heterocycles. The van der Waals surface area contributed by atoms with Gasteiger partial charge in [0.1, 0.15) is 17.4 Å². The maximum Gasteiger partial charge on any atom is 0.418 e. The number of alkyl halides is 3.